The normalized spacial score (nSPS) is 18.6. The van der Waals surface area contributed by atoms with Crippen molar-refractivity contribution in [2.45, 2.75) is 29.5 Å². The summed E-state index contributed by atoms with van der Waals surface area (Å²) in [6.07, 6.45) is -4.48. The van der Waals surface area contributed by atoms with Crippen molar-refractivity contribution in [3.05, 3.63) is 71.5 Å². The van der Waals surface area contributed by atoms with Crippen molar-refractivity contribution in [1.82, 2.24) is 14.9 Å². The van der Waals surface area contributed by atoms with Gasteiger partial charge in [-0.2, -0.15) is 13.2 Å². The van der Waals surface area contributed by atoms with Gasteiger partial charge in [0.25, 0.3) is 0 Å². The van der Waals surface area contributed by atoms with E-state index < -0.39 is 28.9 Å². The Morgan fingerprint density at radius 1 is 1.14 bits per heavy atom. The van der Waals surface area contributed by atoms with Crippen LogP contribution in [-0.4, -0.2) is 26.0 Å². The zero-order chi connectivity index (χ0) is 20.6. The van der Waals surface area contributed by atoms with Gasteiger partial charge in [-0.05, 0) is 30.7 Å². The van der Waals surface area contributed by atoms with Crippen molar-refractivity contribution >= 4 is 23.4 Å². The van der Waals surface area contributed by atoms with Crippen molar-refractivity contribution < 1.29 is 18.0 Å². The Bertz CT molecular complexity index is 1040. The Balaban J connectivity index is 1.63. The molecule has 0 fully saturated rings. The average Bonchev–Trinajstić information content (AvgIpc) is 3.07. The second kappa shape index (κ2) is 7.43. The van der Waals surface area contributed by atoms with Gasteiger partial charge in [0.1, 0.15) is 11.1 Å². The molecule has 150 valence electrons. The molecule has 1 aliphatic rings. The number of hydrogen-bond donors (Lipinski definition) is 2. The van der Waals surface area contributed by atoms with E-state index in [4.69, 9.17) is 0 Å². The van der Waals surface area contributed by atoms with Crippen LogP contribution in [0.25, 0.3) is 0 Å². The molecule has 3 aromatic rings. The van der Waals surface area contributed by atoms with Crippen LogP contribution in [0.5, 0.6) is 0 Å². The second-order valence-corrected chi connectivity index (χ2v) is 7.60. The molecule has 2 heterocycles. The summed E-state index contributed by atoms with van der Waals surface area (Å²) in [4.78, 5) is 13.0. The lowest BCUT2D eigenvalue weighted by atomic mass is 10.0. The maximum absolute atomic E-state index is 13.0. The lowest BCUT2D eigenvalue weighted by Crippen LogP contribution is -2.41. The standard InChI is InChI=1S/C19H16F3N5OS/c1-11-24-25-18-27(11)26-15(12-6-3-2-4-7-12)16(29-18)17(28)23-14-9-5-8-13(10-14)19(20,21)22/h2-10,15-16,26H,1H3,(H,23,28)/t15-,16+/m0/s1. The van der Waals surface area contributed by atoms with E-state index in [1.165, 1.54) is 23.9 Å². The first kappa shape index (κ1) is 19.3. The molecule has 0 radical (unpaired) electrons. The van der Waals surface area contributed by atoms with E-state index in [0.29, 0.717) is 11.0 Å². The molecule has 2 N–H and O–H groups in total. The van der Waals surface area contributed by atoms with E-state index in [9.17, 15) is 18.0 Å². The number of aromatic nitrogens is 3. The van der Waals surface area contributed by atoms with Crippen molar-refractivity contribution in [2.24, 2.45) is 0 Å². The Labute approximate surface area is 168 Å². The summed E-state index contributed by atoms with van der Waals surface area (Å²) < 4.78 is 40.6. The monoisotopic (exact) mass is 419 g/mol. The van der Waals surface area contributed by atoms with E-state index in [2.05, 4.69) is 20.9 Å². The lowest BCUT2D eigenvalue weighted by molar-refractivity contribution is -0.137. The number of rotatable bonds is 3. The van der Waals surface area contributed by atoms with E-state index in [0.717, 1.165) is 17.7 Å². The molecule has 2 aromatic carbocycles. The van der Waals surface area contributed by atoms with Crippen LogP contribution in [0.3, 0.4) is 0 Å². The van der Waals surface area contributed by atoms with Gasteiger partial charge in [0.15, 0.2) is 0 Å². The van der Waals surface area contributed by atoms with E-state index in [1.807, 2.05) is 30.3 Å². The molecule has 1 aliphatic heterocycles. The summed E-state index contributed by atoms with van der Waals surface area (Å²) >= 11 is 1.21. The van der Waals surface area contributed by atoms with Gasteiger partial charge >= 0.3 is 6.18 Å². The van der Waals surface area contributed by atoms with E-state index in [-0.39, 0.29) is 5.69 Å². The number of amides is 1. The fourth-order valence-electron chi connectivity index (χ4n) is 3.06. The highest BCUT2D eigenvalue weighted by Gasteiger charge is 2.37. The first-order valence-corrected chi connectivity index (χ1v) is 9.59. The highest BCUT2D eigenvalue weighted by Crippen LogP contribution is 2.37. The van der Waals surface area contributed by atoms with Crippen molar-refractivity contribution in [3.63, 3.8) is 0 Å². The zero-order valence-corrected chi connectivity index (χ0v) is 16.0. The van der Waals surface area contributed by atoms with Gasteiger partial charge in [-0.15, -0.1) is 10.2 Å². The maximum Gasteiger partial charge on any atom is 0.416 e. The number of nitrogens with one attached hydrogen (secondary N) is 2. The number of benzene rings is 2. The third kappa shape index (κ3) is 3.93. The van der Waals surface area contributed by atoms with Crippen LogP contribution in [0.15, 0.2) is 59.8 Å². The molecule has 1 aromatic heterocycles. The van der Waals surface area contributed by atoms with Gasteiger partial charge < -0.3 is 10.7 Å². The summed E-state index contributed by atoms with van der Waals surface area (Å²) in [6, 6.07) is 13.5. The Hall–Kier alpha value is -3.01. The molecule has 10 heteroatoms. The van der Waals surface area contributed by atoms with Gasteiger partial charge in [0, 0.05) is 5.69 Å². The lowest BCUT2D eigenvalue weighted by Gasteiger charge is -2.32. The molecular formula is C19H16F3N5OS. The van der Waals surface area contributed by atoms with Crippen LogP contribution in [0.4, 0.5) is 18.9 Å². The number of nitrogens with zero attached hydrogens (tertiary/aromatic N) is 3. The Kier molecular flexibility index (Phi) is 4.95. The molecular weight excluding hydrogens is 403 g/mol. The minimum atomic E-state index is -4.48. The van der Waals surface area contributed by atoms with Crippen LogP contribution in [0, 0.1) is 6.92 Å². The fraction of sp³-hybridized carbons (Fsp3) is 0.211. The van der Waals surface area contributed by atoms with Crippen LogP contribution in [0.2, 0.25) is 0 Å². The molecule has 0 unspecified atom stereocenters. The number of carbonyl (C=O) groups is 1. The smallest absolute Gasteiger partial charge is 0.325 e. The highest BCUT2D eigenvalue weighted by molar-refractivity contribution is 8.00. The number of hydrogen-bond acceptors (Lipinski definition) is 5. The fourth-order valence-corrected chi connectivity index (χ4v) is 4.18. The second-order valence-electron chi connectivity index (χ2n) is 6.49. The molecule has 29 heavy (non-hydrogen) atoms. The van der Waals surface area contributed by atoms with Gasteiger partial charge in [-0.1, -0.05) is 48.2 Å². The first-order chi connectivity index (χ1) is 13.8. The highest BCUT2D eigenvalue weighted by atomic mass is 32.2. The molecule has 2 atom stereocenters. The SMILES string of the molecule is Cc1nnc2n1N[C@@H](c1ccccc1)[C@H](C(=O)Nc1cccc(C(F)(F)F)c1)S2. The van der Waals surface area contributed by atoms with Crippen molar-refractivity contribution in [1.29, 1.82) is 0 Å². The molecule has 1 amide bonds. The van der Waals surface area contributed by atoms with Crippen molar-refractivity contribution in [3.8, 4) is 0 Å². The largest absolute Gasteiger partial charge is 0.416 e. The minimum absolute atomic E-state index is 0.0838. The van der Waals surface area contributed by atoms with Crippen LogP contribution in [-0.2, 0) is 11.0 Å². The molecule has 0 bridgehead atoms. The minimum Gasteiger partial charge on any atom is -0.325 e. The number of carbonyl (C=O) groups excluding carboxylic acids is 1. The number of aryl methyl sites for hydroxylation is 1. The van der Waals surface area contributed by atoms with Crippen LogP contribution in [0.1, 0.15) is 23.0 Å². The summed E-state index contributed by atoms with van der Waals surface area (Å²) in [7, 11) is 0. The summed E-state index contributed by atoms with van der Waals surface area (Å²) in [5.41, 5.74) is 3.37. The summed E-state index contributed by atoms with van der Waals surface area (Å²) in [5, 5.41) is 10.5. The summed E-state index contributed by atoms with van der Waals surface area (Å²) in [6.45, 7) is 1.79. The predicted octanol–water partition coefficient (Wildman–Crippen LogP) is 4.00. The van der Waals surface area contributed by atoms with Gasteiger partial charge in [-0.3, -0.25) is 4.79 Å². The maximum atomic E-state index is 13.0. The number of alkyl halides is 3. The number of fused-ring (bicyclic) bond motifs is 1. The number of anilines is 1. The number of halogens is 3. The molecule has 0 spiro atoms. The van der Waals surface area contributed by atoms with E-state index >= 15 is 0 Å². The van der Waals surface area contributed by atoms with Crippen molar-refractivity contribution in [2.75, 3.05) is 10.7 Å². The molecule has 0 saturated carbocycles. The first-order valence-electron chi connectivity index (χ1n) is 8.71. The predicted molar refractivity (Wildman–Crippen MR) is 103 cm³/mol. The van der Waals surface area contributed by atoms with Gasteiger partial charge in [0.2, 0.25) is 11.1 Å². The third-order valence-electron chi connectivity index (χ3n) is 4.47. The number of thioether (sulfide) groups is 1. The molecule has 4 rings (SSSR count). The van der Waals surface area contributed by atoms with E-state index in [1.54, 1.807) is 11.6 Å². The Morgan fingerprint density at radius 2 is 1.90 bits per heavy atom. The van der Waals surface area contributed by atoms with Gasteiger partial charge in [-0.25, -0.2) is 4.68 Å². The van der Waals surface area contributed by atoms with Crippen LogP contribution >= 0.6 is 11.8 Å². The molecule has 0 aliphatic carbocycles. The average molecular weight is 419 g/mol. The van der Waals surface area contributed by atoms with Gasteiger partial charge in [0.05, 0.1) is 11.6 Å². The van der Waals surface area contributed by atoms with Crippen LogP contribution < -0.4 is 10.7 Å². The quantitative estimate of drug-likeness (QED) is 0.672. The topological polar surface area (TPSA) is 71.8 Å². The zero-order valence-electron chi connectivity index (χ0n) is 15.1. The Morgan fingerprint density at radius 3 is 2.62 bits per heavy atom. The molecule has 0 saturated heterocycles. The third-order valence-corrected chi connectivity index (χ3v) is 5.69. The molecule has 6 nitrogen and oxygen atoms in total. The summed E-state index contributed by atoms with van der Waals surface area (Å²) in [5.74, 6) is 0.216.